The first-order valence-corrected chi connectivity index (χ1v) is 7.98. The molecule has 2 aromatic heterocycles. The third kappa shape index (κ3) is 2.51. The van der Waals surface area contributed by atoms with Gasteiger partial charge < -0.3 is 5.73 Å². The van der Waals surface area contributed by atoms with Crippen molar-refractivity contribution in [2.24, 2.45) is 5.73 Å². The van der Waals surface area contributed by atoms with Gasteiger partial charge in [-0.1, -0.05) is 6.42 Å². The van der Waals surface area contributed by atoms with Gasteiger partial charge in [0, 0.05) is 42.8 Å². The molecule has 0 aliphatic carbocycles. The first kappa shape index (κ1) is 13.7. The maximum atomic E-state index is 12.0. The lowest BCUT2D eigenvalue weighted by atomic mass is 9.96. The van der Waals surface area contributed by atoms with E-state index in [1.54, 1.807) is 16.7 Å². The van der Waals surface area contributed by atoms with Crippen LogP contribution in [0.2, 0.25) is 0 Å². The normalized spacial score (nSPS) is 24.3. The van der Waals surface area contributed by atoms with Gasteiger partial charge in [0.25, 0.3) is 5.56 Å². The predicted molar refractivity (Wildman–Crippen MR) is 81.0 cm³/mol. The quantitative estimate of drug-likeness (QED) is 0.930. The molecule has 2 unspecified atom stereocenters. The first-order valence-electron chi connectivity index (χ1n) is 7.10. The number of hydrogen-bond donors (Lipinski definition) is 1. The maximum Gasteiger partial charge on any atom is 0.258 e. The summed E-state index contributed by atoms with van der Waals surface area (Å²) in [5.41, 5.74) is 6.74. The van der Waals surface area contributed by atoms with Crippen LogP contribution in [-0.4, -0.2) is 32.9 Å². The molecule has 6 heteroatoms. The highest BCUT2D eigenvalue weighted by Crippen LogP contribution is 2.24. The fourth-order valence-corrected chi connectivity index (χ4v) is 3.77. The van der Waals surface area contributed by atoms with Crippen LogP contribution < -0.4 is 11.3 Å². The Kier molecular flexibility index (Phi) is 3.87. The molecular weight excluding hydrogens is 272 g/mol. The van der Waals surface area contributed by atoms with Crippen molar-refractivity contribution < 1.29 is 0 Å². The van der Waals surface area contributed by atoms with E-state index in [4.69, 9.17) is 5.73 Å². The van der Waals surface area contributed by atoms with Crippen molar-refractivity contribution >= 4 is 16.3 Å². The van der Waals surface area contributed by atoms with E-state index in [9.17, 15) is 4.79 Å². The molecule has 0 bridgehead atoms. The standard InChI is InChI=1S/C14H20N4OS/c1-10-3-2-4-12(8-15)18(10)9-11-7-13(19)17-5-6-20-14(17)16-11/h5-7,10,12H,2-4,8-9,15H2,1H3. The molecule has 3 heterocycles. The average Bonchev–Trinajstić information content (AvgIpc) is 2.90. The first-order chi connectivity index (χ1) is 9.69. The molecule has 3 rings (SSSR count). The van der Waals surface area contributed by atoms with Gasteiger partial charge in [0.2, 0.25) is 0 Å². The molecule has 1 saturated heterocycles. The van der Waals surface area contributed by atoms with Crippen LogP contribution >= 0.6 is 11.3 Å². The smallest absolute Gasteiger partial charge is 0.258 e. The molecule has 2 N–H and O–H groups in total. The fourth-order valence-electron chi connectivity index (χ4n) is 3.03. The van der Waals surface area contributed by atoms with Crippen LogP contribution in [0.3, 0.4) is 0 Å². The zero-order chi connectivity index (χ0) is 14.1. The topological polar surface area (TPSA) is 63.6 Å². The van der Waals surface area contributed by atoms with Crippen molar-refractivity contribution in [2.75, 3.05) is 6.54 Å². The summed E-state index contributed by atoms with van der Waals surface area (Å²) in [6, 6.07) is 2.55. The van der Waals surface area contributed by atoms with Crippen molar-refractivity contribution in [3.8, 4) is 0 Å². The molecule has 0 spiro atoms. The highest BCUT2D eigenvalue weighted by Gasteiger charge is 2.27. The van der Waals surface area contributed by atoms with Crippen molar-refractivity contribution in [2.45, 2.75) is 44.8 Å². The van der Waals surface area contributed by atoms with Gasteiger partial charge in [-0.25, -0.2) is 4.98 Å². The highest BCUT2D eigenvalue weighted by molar-refractivity contribution is 7.15. The molecule has 0 radical (unpaired) electrons. The minimum Gasteiger partial charge on any atom is -0.329 e. The maximum absolute atomic E-state index is 12.0. The van der Waals surface area contributed by atoms with Crippen molar-refractivity contribution in [3.05, 3.63) is 33.7 Å². The molecule has 108 valence electrons. The number of thiazole rings is 1. The Bertz CT molecular complexity index is 650. The summed E-state index contributed by atoms with van der Waals surface area (Å²) < 4.78 is 1.59. The van der Waals surface area contributed by atoms with E-state index in [-0.39, 0.29) is 5.56 Å². The lowest BCUT2D eigenvalue weighted by Crippen LogP contribution is -2.48. The van der Waals surface area contributed by atoms with Crippen LogP contribution in [-0.2, 0) is 6.54 Å². The summed E-state index contributed by atoms with van der Waals surface area (Å²) in [6.07, 6.45) is 5.34. The van der Waals surface area contributed by atoms with E-state index < -0.39 is 0 Å². The Morgan fingerprint density at radius 2 is 2.35 bits per heavy atom. The van der Waals surface area contributed by atoms with Crippen LogP contribution in [0, 0.1) is 0 Å². The molecule has 1 fully saturated rings. The summed E-state index contributed by atoms with van der Waals surface area (Å²) >= 11 is 1.49. The number of piperidine rings is 1. The Labute approximate surface area is 122 Å². The third-order valence-corrected chi connectivity index (χ3v) is 4.92. The van der Waals surface area contributed by atoms with Gasteiger partial charge in [0.05, 0.1) is 5.69 Å². The highest BCUT2D eigenvalue weighted by atomic mass is 32.1. The molecule has 5 nitrogen and oxygen atoms in total. The van der Waals surface area contributed by atoms with E-state index in [1.807, 2.05) is 5.38 Å². The van der Waals surface area contributed by atoms with Crippen molar-refractivity contribution in [3.63, 3.8) is 0 Å². The largest absolute Gasteiger partial charge is 0.329 e. The van der Waals surface area contributed by atoms with Crippen LogP contribution in [0.15, 0.2) is 22.4 Å². The second-order valence-corrected chi connectivity index (χ2v) is 6.36. The zero-order valence-corrected chi connectivity index (χ0v) is 12.5. The van der Waals surface area contributed by atoms with Crippen LogP contribution in [0.25, 0.3) is 4.96 Å². The number of aromatic nitrogens is 2. The summed E-state index contributed by atoms with van der Waals surface area (Å²) in [7, 11) is 0. The van der Waals surface area contributed by atoms with Crippen molar-refractivity contribution in [1.29, 1.82) is 0 Å². The molecule has 2 aromatic rings. The Hall–Kier alpha value is -1.24. The number of rotatable bonds is 3. The monoisotopic (exact) mass is 292 g/mol. The van der Waals surface area contributed by atoms with Gasteiger partial charge in [-0.2, -0.15) is 0 Å². The van der Waals surface area contributed by atoms with Crippen molar-refractivity contribution in [1.82, 2.24) is 14.3 Å². The Morgan fingerprint density at radius 3 is 3.15 bits per heavy atom. The minimum atomic E-state index is 0.000195. The summed E-state index contributed by atoms with van der Waals surface area (Å²) in [4.78, 5) is 19.8. The number of nitrogens with zero attached hydrogens (tertiary/aromatic N) is 3. The van der Waals surface area contributed by atoms with Crippen LogP contribution in [0.4, 0.5) is 0 Å². The Morgan fingerprint density at radius 1 is 1.50 bits per heavy atom. The molecule has 1 aliphatic rings. The Balaban J connectivity index is 1.89. The zero-order valence-electron chi connectivity index (χ0n) is 11.7. The van der Waals surface area contributed by atoms with Gasteiger partial charge in [0.15, 0.2) is 4.96 Å². The van der Waals surface area contributed by atoms with Gasteiger partial charge in [-0.05, 0) is 19.8 Å². The average molecular weight is 292 g/mol. The number of likely N-dealkylation sites (tertiary alicyclic amines) is 1. The molecule has 1 aliphatic heterocycles. The minimum absolute atomic E-state index is 0.000195. The van der Waals surface area contributed by atoms with Crippen LogP contribution in [0.5, 0.6) is 0 Å². The van der Waals surface area contributed by atoms with E-state index in [0.717, 1.165) is 17.1 Å². The van der Waals surface area contributed by atoms with Gasteiger partial charge in [-0.15, -0.1) is 11.3 Å². The SMILES string of the molecule is CC1CCCC(CN)N1Cc1cc(=O)n2ccsc2n1. The van der Waals surface area contributed by atoms with E-state index >= 15 is 0 Å². The molecule has 2 atom stereocenters. The molecule has 0 amide bonds. The van der Waals surface area contributed by atoms with Gasteiger partial charge in [0.1, 0.15) is 0 Å². The van der Waals surface area contributed by atoms with Gasteiger partial charge in [-0.3, -0.25) is 14.1 Å². The molecule has 0 aromatic carbocycles. The van der Waals surface area contributed by atoms with E-state index in [0.29, 0.717) is 25.2 Å². The third-order valence-electron chi connectivity index (χ3n) is 4.17. The number of nitrogens with two attached hydrogens (primary N) is 1. The van der Waals surface area contributed by atoms with Gasteiger partial charge >= 0.3 is 0 Å². The lowest BCUT2D eigenvalue weighted by Gasteiger charge is -2.40. The number of hydrogen-bond acceptors (Lipinski definition) is 5. The molecular formula is C14H20N4OS. The summed E-state index contributed by atoms with van der Waals surface area (Å²) in [5, 5.41) is 1.89. The fraction of sp³-hybridized carbons (Fsp3) is 0.571. The van der Waals surface area contributed by atoms with E-state index in [1.165, 1.54) is 24.2 Å². The second-order valence-electron chi connectivity index (χ2n) is 5.48. The molecule has 20 heavy (non-hydrogen) atoms. The predicted octanol–water partition coefficient (Wildman–Crippen LogP) is 1.46. The second kappa shape index (κ2) is 5.63. The van der Waals surface area contributed by atoms with E-state index in [2.05, 4.69) is 16.8 Å². The number of fused-ring (bicyclic) bond motifs is 1. The lowest BCUT2D eigenvalue weighted by molar-refractivity contribution is 0.0878. The summed E-state index contributed by atoms with van der Waals surface area (Å²) in [6.45, 7) is 3.62. The van der Waals surface area contributed by atoms with Crippen LogP contribution in [0.1, 0.15) is 31.9 Å². The molecule has 0 saturated carbocycles. The summed E-state index contributed by atoms with van der Waals surface area (Å²) in [5.74, 6) is 0.